The van der Waals surface area contributed by atoms with Gasteiger partial charge in [-0.2, -0.15) is 18.3 Å². The molecule has 9 heteroatoms. The van der Waals surface area contributed by atoms with Crippen molar-refractivity contribution in [3.05, 3.63) is 28.2 Å². The minimum Gasteiger partial charge on any atom is -0.320 e. The quantitative estimate of drug-likeness (QED) is 0.847. The first kappa shape index (κ1) is 15.5. The Hall–Kier alpha value is -1.90. The van der Waals surface area contributed by atoms with Gasteiger partial charge in [0.25, 0.3) is 5.91 Å². The Bertz CT molecular complexity index is 629. The second-order valence-electron chi connectivity index (χ2n) is 4.24. The lowest BCUT2D eigenvalue weighted by molar-refractivity contribution is -0.137. The number of nitrogens with one attached hydrogen (secondary N) is 2. The predicted octanol–water partition coefficient (Wildman–Crippen LogP) is 2.67. The van der Waals surface area contributed by atoms with Crippen molar-refractivity contribution in [3.8, 4) is 0 Å². The number of nitrogens with zero attached hydrogens (tertiary/aromatic N) is 1. The van der Waals surface area contributed by atoms with Gasteiger partial charge in [0.2, 0.25) is 5.91 Å². The lowest BCUT2D eigenvalue weighted by atomic mass is 10.1. The van der Waals surface area contributed by atoms with Crippen LogP contribution in [-0.2, 0) is 15.8 Å². The summed E-state index contributed by atoms with van der Waals surface area (Å²) in [5.41, 5.74) is 0.756. The van der Waals surface area contributed by atoms with E-state index in [2.05, 4.69) is 31.8 Å². The Morgan fingerprint density at radius 1 is 1.33 bits per heavy atom. The van der Waals surface area contributed by atoms with Crippen LogP contribution >= 0.6 is 15.9 Å². The van der Waals surface area contributed by atoms with Crippen LogP contribution in [-0.4, -0.2) is 17.5 Å². The summed E-state index contributed by atoms with van der Waals surface area (Å²) in [5.74, 6) is -1.12. The average molecular weight is 364 g/mol. The van der Waals surface area contributed by atoms with E-state index >= 15 is 0 Å². The Kier molecular flexibility index (Phi) is 4.31. The zero-order valence-electron chi connectivity index (χ0n) is 10.4. The third-order valence-corrected chi connectivity index (χ3v) is 3.19. The monoisotopic (exact) mass is 363 g/mol. The zero-order valence-corrected chi connectivity index (χ0v) is 12.0. The van der Waals surface area contributed by atoms with E-state index in [1.807, 2.05) is 0 Å². The van der Waals surface area contributed by atoms with Gasteiger partial charge in [-0.05, 0) is 18.2 Å². The van der Waals surface area contributed by atoms with Crippen molar-refractivity contribution in [1.82, 2.24) is 5.43 Å². The van der Waals surface area contributed by atoms with E-state index < -0.39 is 17.6 Å². The molecule has 21 heavy (non-hydrogen) atoms. The molecule has 0 saturated heterocycles. The Morgan fingerprint density at radius 2 is 2.05 bits per heavy atom. The molecule has 1 aliphatic heterocycles. The van der Waals surface area contributed by atoms with Gasteiger partial charge in [0.15, 0.2) is 0 Å². The number of alkyl halides is 3. The van der Waals surface area contributed by atoms with E-state index in [0.29, 0.717) is 0 Å². The summed E-state index contributed by atoms with van der Waals surface area (Å²) in [7, 11) is 0. The summed E-state index contributed by atoms with van der Waals surface area (Å²) in [6.07, 6.45) is -4.46. The Labute approximate surface area is 125 Å². The lowest BCUT2D eigenvalue weighted by Gasteiger charge is -2.16. The summed E-state index contributed by atoms with van der Waals surface area (Å²) in [5, 5.41) is 5.70. The third kappa shape index (κ3) is 3.81. The van der Waals surface area contributed by atoms with E-state index in [9.17, 15) is 22.8 Å². The lowest BCUT2D eigenvalue weighted by Crippen LogP contribution is -2.33. The van der Waals surface area contributed by atoms with Gasteiger partial charge in [0.05, 0.1) is 11.3 Å². The normalized spacial score (nSPS) is 15.2. The number of amides is 2. The first-order chi connectivity index (χ1) is 9.77. The van der Waals surface area contributed by atoms with Gasteiger partial charge in [0, 0.05) is 17.3 Å². The minimum atomic E-state index is -4.60. The minimum absolute atomic E-state index is 0.0226. The second kappa shape index (κ2) is 5.84. The molecule has 1 aliphatic rings. The highest BCUT2D eigenvalue weighted by molar-refractivity contribution is 9.10. The van der Waals surface area contributed by atoms with Gasteiger partial charge >= 0.3 is 6.18 Å². The maximum Gasteiger partial charge on any atom is 0.418 e. The maximum absolute atomic E-state index is 12.9. The van der Waals surface area contributed by atoms with E-state index in [-0.39, 0.29) is 34.6 Å². The molecule has 0 fully saturated rings. The molecular weight excluding hydrogens is 355 g/mol. The zero-order chi connectivity index (χ0) is 15.6. The highest BCUT2D eigenvalue weighted by atomic mass is 79.9. The number of carbonyl (C=O) groups excluding carboxylic acids is 2. The number of rotatable bonds is 2. The standard InChI is InChI=1S/C12H9BrF3N3O2/c13-6-1-2-8(7(5-6)12(14,15)16)17-11(21)9-3-4-10(20)19-18-9/h1-2,5H,3-4H2,(H,17,21)(H,19,20). The van der Waals surface area contributed by atoms with Gasteiger partial charge in [-0.15, -0.1) is 0 Å². The van der Waals surface area contributed by atoms with Crippen molar-refractivity contribution in [3.63, 3.8) is 0 Å². The SMILES string of the molecule is O=C1CCC(C(=O)Nc2ccc(Br)cc2C(F)(F)F)=NN1. The summed E-state index contributed by atoms with van der Waals surface area (Å²) in [4.78, 5) is 22.8. The predicted molar refractivity (Wildman–Crippen MR) is 72.6 cm³/mol. The first-order valence-corrected chi connectivity index (χ1v) is 6.60. The fraction of sp³-hybridized carbons (Fsp3) is 0.250. The van der Waals surface area contributed by atoms with Gasteiger partial charge in [0.1, 0.15) is 5.71 Å². The largest absolute Gasteiger partial charge is 0.418 e. The van der Waals surface area contributed by atoms with E-state index in [4.69, 9.17) is 0 Å². The summed E-state index contributed by atoms with van der Waals surface area (Å²) < 4.78 is 39.0. The van der Waals surface area contributed by atoms with Crippen LogP contribution in [0.15, 0.2) is 27.8 Å². The molecule has 0 spiro atoms. The van der Waals surface area contributed by atoms with Crippen LogP contribution < -0.4 is 10.7 Å². The van der Waals surface area contributed by atoms with Crippen molar-refractivity contribution in [2.24, 2.45) is 5.10 Å². The molecule has 5 nitrogen and oxygen atoms in total. The molecule has 2 rings (SSSR count). The molecule has 1 aromatic carbocycles. The fourth-order valence-electron chi connectivity index (χ4n) is 1.69. The number of anilines is 1. The Balaban J connectivity index is 2.24. The molecular formula is C12H9BrF3N3O2. The van der Waals surface area contributed by atoms with E-state index in [1.165, 1.54) is 6.07 Å². The highest BCUT2D eigenvalue weighted by Crippen LogP contribution is 2.36. The van der Waals surface area contributed by atoms with Gasteiger partial charge in [-0.1, -0.05) is 15.9 Å². The smallest absolute Gasteiger partial charge is 0.320 e. The van der Waals surface area contributed by atoms with Crippen LogP contribution in [0.3, 0.4) is 0 Å². The second-order valence-corrected chi connectivity index (χ2v) is 5.15. The van der Waals surface area contributed by atoms with E-state index in [1.54, 1.807) is 0 Å². The molecule has 2 N–H and O–H groups in total. The number of hydrogen-bond acceptors (Lipinski definition) is 3. The number of benzene rings is 1. The number of carbonyl (C=O) groups is 2. The summed E-state index contributed by atoms with van der Waals surface area (Å²) >= 11 is 2.95. The van der Waals surface area contributed by atoms with E-state index in [0.717, 1.165) is 12.1 Å². The highest BCUT2D eigenvalue weighted by Gasteiger charge is 2.34. The molecule has 0 radical (unpaired) electrons. The van der Waals surface area contributed by atoms with Crippen LogP contribution in [0, 0.1) is 0 Å². The van der Waals surface area contributed by atoms with Gasteiger partial charge in [-0.25, -0.2) is 5.43 Å². The van der Waals surface area contributed by atoms with Gasteiger partial charge < -0.3 is 5.32 Å². The molecule has 0 aromatic heterocycles. The van der Waals surface area contributed by atoms with Crippen LogP contribution in [0.1, 0.15) is 18.4 Å². The molecule has 0 saturated carbocycles. The van der Waals surface area contributed by atoms with Crippen LogP contribution in [0.25, 0.3) is 0 Å². The van der Waals surface area contributed by atoms with Gasteiger partial charge in [-0.3, -0.25) is 9.59 Å². The molecule has 2 amide bonds. The third-order valence-electron chi connectivity index (χ3n) is 2.70. The average Bonchev–Trinajstić information content (AvgIpc) is 2.40. The topological polar surface area (TPSA) is 70.6 Å². The molecule has 0 aliphatic carbocycles. The molecule has 0 atom stereocenters. The van der Waals surface area contributed by atoms with Crippen molar-refractivity contribution in [2.45, 2.75) is 19.0 Å². The number of hydrogen-bond donors (Lipinski definition) is 2. The van der Waals surface area contributed by atoms with Crippen molar-refractivity contribution < 1.29 is 22.8 Å². The molecule has 0 unspecified atom stereocenters. The van der Waals surface area contributed by atoms with Crippen molar-refractivity contribution >= 4 is 39.1 Å². The fourth-order valence-corrected chi connectivity index (χ4v) is 2.05. The van der Waals surface area contributed by atoms with Crippen LogP contribution in [0.2, 0.25) is 0 Å². The number of halogens is 4. The number of hydrazone groups is 1. The maximum atomic E-state index is 12.9. The molecule has 112 valence electrons. The molecule has 1 heterocycles. The first-order valence-electron chi connectivity index (χ1n) is 5.81. The van der Waals surface area contributed by atoms with Crippen LogP contribution in [0.4, 0.5) is 18.9 Å². The summed E-state index contributed by atoms with van der Waals surface area (Å²) in [6.45, 7) is 0. The summed E-state index contributed by atoms with van der Waals surface area (Å²) in [6, 6.07) is 3.40. The van der Waals surface area contributed by atoms with Crippen molar-refractivity contribution in [1.29, 1.82) is 0 Å². The molecule has 1 aromatic rings. The molecule has 0 bridgehead atoms. The van der Waals surface area contributed by atoms with Crippen LogP contribution in [0.5, 0.6) is 0 Å². The van der Waals surface area contributed by atoms with Crippen molar-refractivity contribution in [2.75, 3.05) is 5.32 Å². The Morgan fingerprint density at radius 3 is 2.62 bits per heavy atom.